The summed E-state index contributed by atoms with van der Waals surface area (Å²) in [6.07, 6.45) is 5.69. The fourth-order valence-corrected chi connectivity index (χ4v) is 2.39. The number of rotatable bonds is 5. The number of hydrogen-bond acceptors (Lipinski definition) is 5. The van der Waals surface area contributed by atoms with Crippen molar-refractivity contribution in [1.29, 1.82) is 0 Å². The normalized spacial score (nSPS) is 21.6. The molecule has 1 fully saturated rings. The highest BCUT2D eigenvalue weighted by Crippen LogP contribution is 2.23. The molecule has 0 bridgehead atoms. The maximum absolute atomic E-state index is 12.1. The summed E-state index contributed by atoms with van der Waals surface area (Å²) in [7, 11) is 0. The van der Waals surface area contributed by atoms with E-state index in [1.807, 2.05) is 0 Å². The Kier molecular flexibility index (Phi) is 7.91. The van der Waals surface area contributed by atoms with E-state index in [-0.39, 0.29) is 37.4 Å². The van der Waals surface area contributed by atoms with Gasteiger partial charge in [-0.2, -0.15) is 0 Å². The number of nitrogens with two attached hydrogens (primary N) is 1. The summed E-state index contributed by atoms with van der Waals surface area (Å²) in [5.41, 5.74) is 5.72. The Bertz CT molecular complexity index is 477. The fourth-order valence-electron chi connectivity index (χ4n) is 2.39. The van der Waals surface area contributed by atoms with Crippen LogP contribution in [0.25, 0.3) is 0 Å². The molecule has 2 N–H and O–H groups in total. The molecule has 0 aromatic rings. The monoisotopic (exact) mass is 331 g/mol. The molecule has 1 heterocycles. The van der Waals surface area contributed by atoms with Crippen molar-refractivity contribution in [2.75, 3.05) is 6.61 Å². The highest BCUT2D eigenvalue weighted by molar-refractivity contribution is 5.87. The van der Waals surface area contributed by atoms with Crippen LogP contribution >= 0.6 is 12.4 Å². The van der Waals surface area contributed by atoms with E-state index in [0.29, 0.717) is 6.42 Å². The van der Waals surface area contributed by atoms with E-state index < -0.39 is 24.0 Å². The summed E-state index contributed by atoms with van der Waals surface area (Å²) in [5, 5.41) is 2.40. The van der Waals surface area contributed by atoms with Gasteiger partial charge in [0.15, 0.2) is 0 Å². The molecule has 3 atom stereocenters. The number of nitrogens with zero attached hydrogens (tertiary/aromatic N) is 2. The summed E-state index contributed by atoms with van der Waals surface area (Å²) in [4.78, 5) is 35.6. The Labute approximate surface area is 136 Å². The summed E-state index contributed by atoms with van der Waals surface area (Å²) in [5.74, 6) is 1.06. The van der Waals surface area contributed by atoms with Gasteiger partial charge in [-0.25, -0.2) is 10.0 Å². The largest absolute Gasteiger partial charge is 0.466 e. The van der Waals surface area contributed by atoms with E-state index in [4.69, 9.17) is 16.9 Å². The SMILES string of the molecule is C#C[C@H](CC(=O)OCC)N(C(C)=O)N1C(=O)[C@@H](N)C[C@H]1C.Cl. The molecule has 0 radical (unpaired) electrons. The number of amides is 2. The van der Waals surface area contributed by atoms with Crippen LogP contribution in [0.15, 0.2) is 0 Å². The van der Waals surface area contributed by atoms with Gasteiger partial charge in [0, 0.05) is 6.92 Å². The molecular formula is C14H22ClN3O4. The average molecular weight is 332 g/mol. The van der Waals surface area contributed by atoms with Gasteiger partial charge in [0.05, 0.1) is 25.1 Å². The smallest absolute Gasteiger partial charge is 0.308 e. The van der Waals surface area contributed by atoms with Crippen molar-refractivity contribution < 1.29 is 19.1 Å². The second kappa shape index (κ2) is 8.61. The number of terminal acetylenes is 1. The summed E-state index contributed by atoms with van der Waals surface area (Å²) < 4.78 is 4.84. The Morgan fingerprint density at radius 3 is 2.55 bits per heavy atom. The number of hydrazine groups is 1. The maximum atomic E-state index is 12.1. The molecule has 7 nitrogen and oxygen atoms in total. The standard InChI is InChI=1S/C14H21N3O4.ClH/c1-5-11(8-13(19)21-6-2)17(10(4)18)16-9(3)7-12(15)14(16)20;/h1,9,11-12H,6-8,15H2,2-4H3;1H/t9-,11-,12+;/m1./s1. The third kappa shape index (κ3) is 4.36. The molecule has 2 amide bonds. The Balaban J connectivity index is 0.00000441. The first-order chi connectivity index (χ1) is 9.83. The summed E-state index contributed by atoms with van der Waals surface area (Å²) in [6.45, 7) is 4.97. The van der Waals surface area contributed by atoms with Gasteiger partial charge in [0.1, 0.15) is 6.04 Å². The molecule has 0 aromatic heterocycles. The third-order valence-corrected chi connectivity index (χ3v) is 3.26. The number of carbonyl (C=O) groups excluding carboxylic acids is 3. The van der Waals surface area contributed by atoms with Crippen molar-refractivity contribution in [2.45, 2.75) is 51.7 Å². The first-order valence-electron chi connectivity index (χ1n) is 6.83. The lowest BCUT2D eigenvalue weighted by Gasteiger charge is -2.37. The molecule has 124 valence electrons. The van der Waals surface area contributed by atoms with Gasteiger partial charge < -0.3 is 10.5 Å². The zero-order valence-electron chi connectivity index (χ0n) is 12.9. The minimum Gasteiger partial charge on any atom is -0.466 e. The lowest BCUT2D eigenvalue weighted by atomic mass is 10.2. The fraction of sp³-hybridized carbons (Fsp3) is 0.643. The van der Waals surface area contributed by atoms with Crippen LogP contribution in [0, 0.1) is 12.3 Å². The van der Waals surface area contributed by atoms with Crippen LogP contribution in [0.2, 0.25) is 0 Å². The zero-order valence-corrected chi connectivity index (χ0v) is 13.8. The zero-order chi connectivity index (χ0) is 16.2. The predicted octanol–water partition coefficient (Wildman–Crippen LogP) is 0.0748. The van der Waals surface area contributed by atoms with Gasteiger partial charge in [-0.15, -0.1) is 18.8 Å². The molecule has 1 aliphatic heterocycles. The number of hydrogen-bond donors (Lipinski definition) is 1. The van der Waals surface area contributed by atoms with Crippen molar-refractivity contribution in [2.24, 2.45) is 5.73 Å². The van der Waals surface area contributed by atoms with E-state index in [9.17, 15) is 14.4 Å². The van der Waals surface area contributed by atoms with Crippen LogP contribution < -0.4 is 5.73 Å². The lowest BCUT2D eigenvalue weighted by molar-refractivity contribution is -0.167. The third-order valence-electron chi connectivity index (χ3n) is 3.26. The maximum Gasteiger partial charge on any atom is 0.308 e. The second-order valence-corrected chi connectivity index (χ2v) is 4.93. The molecular weight excluding hydrogens is 310 g/mol. The van der Waals surface area contributed by atoms with Gasteiger partial charge in [0.2, 0.25) is 5.91 Å². The van der Waals surface area contributed by atoms with Crippen molar-refractivity contribution >= 4 is 30.2 Å². The van der Waals surface area contributed by atoms with Crippen LogP contribution in [0.4, 0.5) is 0 Å². The molecule has 22 heavy (non-hydrogen) atoms. The molecule has 0 aliphatic carbocycles. The number of halogens is 1. The second-order valence-electron chi connectivity index (χ2n) is 4.93. The van der Waals surface area contributed by atoms with Gasteiger partial charge in [-0.3, -0.25) is 14.4 Å². The van der Waals surface area contributed by atoms with Crippen LogP contribution in [-0.2, 0) is 19.1 Å². The predicted molar refractivity (Wildman–Crippen MR) is 82.5 cm³/mol. The Morgan fingerprint density at radius 2 is 2.18 bits per heavy atom. The molecule has 0 spiro atoms. The van der Waals surface area contributed by atoms with E-state index in [1.165, 1.54) is 11.9 Å². The molecule has 1 aliphatic rings. The molecule has 1 rings (SSSR count). The number of esters is 1. The highest BCUT2D eigenvalue weighted by atomic mass is 35.5. The van der Waals surface area contributed by atoms with Crippen LogP contribution in [0.3, 0.4) is 0 Å². The van der Waals surface area contributed by atoms with Gasteiger partial charge in [-0.05, 0) is 20.3 Å². The molecule has 0 unspecified atom stereocenters. The van der Waals surface area contributed by atoms with E-state index in [2.05, 4.69) is 5.92 Å². The number of ether oxygens (including phenoxy) is 1. The molecule has 1 saturated heterocycles. The first-order valence-corrected chi connectivity index (χ1v) is 6.83. The topological polar surface area (TPSA) is 92.9 Å². The van der Waals surface area contributed by atoms with Gasteiger partial charge in [0.25, 0.3) is 5.91 Å². The van der Waals surface area contributed by atoms with Gasteiger partial charge >= 0.3 is 5.97 Å². The Morgan fingerprint density at radius 1 is 1.59 bits per heavy atom. The van der Waals surface area contributed by atoms with Crippen LogP contribution in [0.1, 0.15) is 33.6 Å². The highest BCUT2D eigenvalue weighted by Gasteiger charge is 2.42. The van der Waals surface area contributed by atoms with Crippen molar-refractivity contribution in [1.82, 2.24) is 10.0 Å². The minimum atomic E-state index is -0.877. The minimum absolute atomic E-state index is 0. The van der Waals surface area contributed by atoms with Crippen molar-refractivity contribution in [3.8, 4) is 12.3 Å². The lowest BCUT2D eigenvalue weighted by Crippen LogP contribution is -2.55. The quantitative estimate of drug-likeness (QED) is 0.568. The molecule has 0 aromatic carbocycles. The van der Waals surface area contributed by atoms with E-state index in [1.54, 1.807) is 13.8 Å². The Hall–Kier alpha value is -1.78. The van der Waals surface area contributed by atoms with Gasteiger partial charge in [-0.1, -0.05) is 5.92 Å². The van der Waals surface area contributed by atoms with E-state index in [0.717, 1.165) is 5.01 Å². The molecule has 8 heteroatoms. The summed E-state index contributed by atoms with van der Waals surface area (Å²) in [6, 6.07) is -1.80. The van der Waals surface area contributed by atoms with Crippen molar-refractivity contribution in [3.63, 3.8) is 0 Å². The first kappa shape index (κ1) is 20.2. The van der Waals surface area contributed by atoms with E-state index >= 15 is 0 Å². The molecule has 0 saturated carbocycles. The average Bonchev–Trinajstić information content (AvgIpc) is 2.64. The van der Waals surface area contributed by atoms with Crippen LogP contribution in [-0.4, -0.2) is 52.5 Å². The summed E-state index contributed by atoms with van der Waals surface area (Å²) >= 11 is 0. The van der Waals surface area contributed by atoms with Crippen molar-refractivity contribution in [3.05, 3.63) is 0 Å². The number of carbonyl (C=O) groups is 3. The van der Waals surface area contributed by atoms with Crippen LogP contribution in [0.5, 0.6) is 0 Å².